The van der Waals surface area contributed by atoms with Crippen LogP contribution in [0.15, 0.2) is 212 Å². The maximum absolute atomic E-state index is 12.1. The zero-order valence-corrected chi connectivity index (χ0v) is 40.4. The molecule has 2 saturated heterocycles. The molecule has 2 aliphatic heterocycles. The first-order valence-electron chi connectivity index (χ1n) is 24.8. The lowest BCUT2D eigenvalue weighted by atomic mass is 9.95. The van der Waals surface area contributed by atoms with Crippen LogP contribution >= 0.6 is 0 Å². The molecular formula is C61H64O11. The van der Waals surface area contributed by atoms with Crippen molar-refractivity contribution in [2.24, 2.45) is 0 Å². The standard InChI is InChI=1S/C61H64O11/c62-60-58(68-41-50-32-18-6-19-33-50)57(55(66-39-48-28-14-4-15-29-48)52(70-60)43-63-36-45-22-8-1-9-23-45)72-61-59(69-42-51-34-20-7-21-35-51)56(67-40-49-30-16-5-17-31-49)54(65-38-47-26-12-3-13-27-47)53(71-61)44-64-37-46-24-10-2-11-25-46/h1-35,52-62H,36-44H2/t52-,53-,54-,55+,56+,57+,58-,59-,60+,61-/m1/s1. The smallest absolute Gasteiger partial charge is 0.187 e. The Labute approximate surface area is 423 Å². The van der Waals surface area contributed by atoms with Gasteiger partial charge in [-0.2, -0.15) is 0 Å². The monoisotopic (exact) mass is 972 g/mol. The van der Waals surface area contributed by atoms with Crippen molar-refractivity contribution in [2.45, 2.75) is 108 Å². The zero-order chi connectivity index (χ0) is 49.0. The molecule has 0 saturated carbocycles. The van der Waals surface area contributed by atoms with Crippen LogP contribution in [-0.2, 0) is 93.6 Å². The van der Waals surface area contributed by atoms with E-state index in [0.717, 1.165) is 38.9 Å². The molecule has 9 rings (SSSR count). The average molecular weight is 973 g/mol. The van der Waals surface area contributed by atoms with Crippen LogP contribution < -0.4 is 0 Å². The Hall–Kier alpha value is -5.90. The van der Waals surface area contributed by atoms with Crippen molar-refractivity contribution in [3.8, 4) is 0 Å². The summed E-state index contributed by atoms with van der Waals surface area (Å²) >= 11 is 0. The SMILES string of the molecule is O[C@H]1O[C@H](COCc2ccccc2)[C@H](OCc2ccccc2)[C@H](O[C@H]2O[C@H](COCc3ccccc3)[C@@H](OCc3ccccc3)[C@H](OCc3ccccc3)[C@H]2OCc2ccccc2)[C@H]1OCc1ccccc1. The number of hydrogen-bond donors (Lipinski definition) is 1. The Morgan fingerprint density at radius 3 is 0.931 bits per heavy atom. The minimum atomic E-state index is -1.45. The minimum Gasteiger partial charge on any atom is -0.374 e. The number of rotatable bonds is 25. The van der Waals surface area contributed by atoms with Crippen molar-refractivity contribution in [3.05, 3.63) is 251 Å². The largest absolute Gasteiger partial charge is 0.374 e. The molecular weight excluding hydrogens is 909 g/mol. The highest BCUT2D eigenvalue weighted by Crippen LogP contribution is 2.36. The van der Waals surface area contributed by atoms with Gasteiger partial charge in [0, 0.05) is 0 Å². The van der Waals surface area contributed by atoms with Gasteiger partial charge in [-0.1, -0.05) is 212 Å². The number of aliphatic hydroxyl groups excluding tert-OH is 1. The second kappa shape index (κ2) is 27.2. The van der Waals surface area contributed by atoms with Gasteiger partial charge < -0.3 is 52.5 Å². The van der Waals surface area contributed by atoms with Crippen molar-refractivity contribution in [1.29, 1.82) is 0 Å². The summed E-state index contributed by atoms with van der Waals surface area (Å²) < 4.78 is 68.6. The fourth-order valence-corrected chi connectivity index (χ4v) is 8.98. The molecule has 0 aliphatic carbocycles. The van der Waals surface area contributed by atoms with E-state index in [2.05, 4.69) is 0 Å². The lowest BCUT2D eigenvalue weighted by Crippen LogP contribution is -2.66. The second-order valence-electron chi connectivity index (χ2n) is 18.0. The fourth-order valence-electron chi connectivity index (χ4n) is 8.98. The molecule has 0 bridgehead atoms. The number of hydrogen-bond acceptors (Lipinski definition) is 11. The number of ether oxygens (including phenoxy) is 10. The molecule has 2 heterocycles. The first-order chi connectivity index (χ1) is 35.6. The van der Waals surface area contributed by atoms with E-state index < -0.39 is 61.4 Å². The van der Waals surface area contributed by atoms with Crippen molar-refractivity contribution in [1.82, 2.24) is 0 Å². The van der Waals surface area contributed by atoms with Crippen LogP contribution in [0.25, 0.3) is 0 Å². The molecule has 0 aromatic heterocycles. The van der Waals surface area contributed by atoms with Crippen LogP contribution in [0.4, 0.5) is 0 Å². The van der Waals surface area contributed by atoms with E-state index in [1.807, 2.05) is 212 Å². The zero-order valence-electron chi connectivity index (χ0n) is 40.4. The van der Waals surface area contributed by atoms with Crippen molar-refractivity contribution < 1.29 is 52.5 Å². The molecule has 7 aromatic rings. The maximum atomic E-state index is 12.1. The van der Waals surface area contributed by atoms with Gasteiger partial charge in [0.1, 0.15) is 48.8 Å². The summed E-state index contributed by atoms with van der Waals surface area (Å²) in [6.45, 7) is 1.93. The Balaban J connectivity index is 1.10. The summed E-state index contributed by atoms with van der Waals surface area (Å²) in [4.78, 5) is 0. The Morgan fingerprint density at radius 2 is 0.569 bits per heavy atom. The molecule has 7 aromatic carbocycles. The van der Waals surface area contributed by atoms with E-state index >= 15 is 0 Å². The predicted octanol–water partition coefficient (Wildman–Crippen LogP) is 10.2. The van der Waals surface area contributed by atoms with E-state index in [9.17, 15) is 5.11 Å². The lowest BCUT2D eigenvalue weighted by Gasteiger charge is -2.49. The van der Waals surface area contributed by atoms with Crippen LogP contribution in [0, 0.1) is 0 Å². The summed E-state index contributed by atoms with van der Waals surface area (Å²) in [7, 11) is 0. The summed E-state index contributed by atoms with van der Waals surface area (Å²) in [5.74, 6) is 0. The summed E-state index contributed by atoms with van der Waals surface area (Å²) in [5.41, 5.74) is 6.74. The summed E-state index contributed by atoms with van der Waals surface area (Å²) in [6, 6.07) is 69.6. The van der Waals surface area contributed by atoms with Crippen molar-refractivity contribution in [3.63, 3.8) is 0 Å². The van der Waals surface area contributed by atoms with Crippen LogP contribution in [0.3, 0.4) is 0 Å². The van der Waals surface area contributed by atoms with E-state index in [0.29, 0.717) is 13.2 Å². The molecule has 2 aliphatic rings. The fraction of sp³-hybridized carbons (Fsp3) is 0.311. The molecule has 72 heavy (non-hydrogen) atoms. The van der Waals surface area contributed by atoms with Gasteiger partial charge in [-0.15, -0.1) is 0 Å². The van der Waals surface area contributed by atoms with Crippen LogP contribution in [0.5, 0.6) is 0 Å². The molecule has 1 N–H and O–H groups in total. The third-order valence-electron chi connectivity index (χ3n) is 12.7. The molecule has 11 nitrogen and oxygen atoms in total. The van der Waals surface area contributed by atoms with Gasteiger partial charge in [0.25, 0.3) is 0 Å². The predicted molar refractivity (Wildman–Crippen MR) is 272 cm³/mol. The highest BCUT2D eigenvalue weighted by molar-refractivity contribution is 5.19. The van der Waals surface area contributed by atoms with Gasteiger partial charge in [-0.25, -0.2) is 0 Å². The molecule has 0 spiro atoms. The molecule has 11 heteroatoms. The molecule has 2 fully saturated rings. The van der Waals surface area contributed by atoms with E-state index in [-0.39, 0.29) is 46.2 Å². The van der Waals surface area contributed by atoms with Crippen LogP contribution in [0.2, 0.25) is 0 Å². The van der Waals surface area contributed by atoms with Crippen LogP contribution in [-0.4, -0.2) is 79.7 Å². The van der Waals surface area contributed by atoms with E-state index in [1.54, 1.807) is 0 Å². The van der Waals surface area contributed by atoms with Gasteiger partial charge >= 0.3 is 0 Å². The maximum Gasteiger partial charge on any atom is 0.187 e. The lowest BCUT2D eigenvalue weighted by molar-refractivity contribution is -0.375. The average Bonchev–Trinajstić information content (AvgIpc) is 3.43. The van der Waals surface area contributed by atoms with Crippen molar-refractivity contribution >= 4 is 0 Å². The highest BCUT2D eigenvalue weighted by Gasteiger charge is 2.54. The van der Waals surface area contributed by atoms with Gasteiger partial charge in [0.05, 0.1) is 59.5 Å². The summed E-state index contributed by atoms with van der Waals surface area (Å²) in [6.07, 6.45) is -9.47. The topological polar surface area (TPSA) is 113 Å². The minimum absolute atomic E-state index is 0.0737. The Kier molecular flexibility index (Phi) is 19.3. The quantitative estimate of drug-likeness (QED) is 0.0591. The molecule has 374 valence electrons. The van der Waals surface area contributed by atoms with Gasteiger partial charge in [-0.05, 0) is 38.9 Å². The van der Waals surface area contributed by atoms with Gasteiger partial charge in [-0.3, -0.25) is 0 Å². The van der Waals surface area contributed by atoms with Crippen molar-refractivity contribution in [2.75, 3.05) is 13.2 Å². The third-order valence-corrected chi connectivity index (χ3v) is 12.7. The normalized spacial score (nSPS) is 24.2. The third kappa shape index (κ3) is 14.8. The molecule has 0 radical (unpaired) electrons. The first-order valence-corrected chi connectivity index (χ1v) is 24.8. The number of benzene rings is 7. The van der Waals surface area contributed by atoms with Gasteiger partial charge in [0.2, 0.25) is 0 Å². The Bertz CT molecular complexity index is 2550. The molecule has 0 amide bonds. The highest BCUT2D eigenvalue weighted by atomic mass is 16.7. The summed E-state index contributed by atoms with van der Waals surface area (Å²) in [5, 5.41) is 12.1. The Morgan fingerprint density at radius 1 is 0.292 bits per heavy atom. The first kappa shape index (κ1) is 51.0. The van der Waals surface area contributed by atoms with E-state index in [4.69, 9.17) is 47.4 Å². The second-order valence-corrected chi connectivity index (χ2v) is 18.0. The number of aliphatic hydroxyl groups is 1. The molecule has 10 atom stereocenters. The molecule has 0 unspecified atom stereocenters. The van der Waals surface area contributed by atoms with Gasteiger partial charge in [0.15, 0.2) is 12.6 Å². The van der Waals surface area contributed by atoms with E-state index in [1.165, 1.54) is 0 Å². The van der Waals surface area contributed by atoms with Crippen LogP contribution in [0.1, 0.15) is 38.9 Å².